The maximum absolute atomic E-state index is 12.3. The van der Waals surface area contributed by atoms with E-state index < -0.39 is 0 Å². The molecule has 1 heterocycles. The molecule has 24 heavy (non-hydrogen) atoms. The summed E-state index contributed by atoms with van der Waals surface area (Å²) in [5, 5.41) is 4.34. The molecule has 1 aromatic heterocycles. The fourth-order valence-electron chi connectivity index (χ4n) is 2.33. The first-order valence-corrected chi connectivity index (χ1v) is 8.71. The molecule has 0 N–H and O–H groups in total. The lowest BCUT2D eigenvalue weighted by Gasteiger charge is -2.07. The Morgan fingerprint density at radius 3 is 2.38 bits per heavy atom. The molecular weight excluding hydrogens is 320 g/mol. The molecule has 0 saturated heterocycles. The van der Waals surface area contributed by atoms with Crippen molar-refractivity contribution in [2.45, 2.75) is 11.4 Å². The zero-order valence-corrected chi connectivity index (χ0v) is 14.0. The molecule has 0 aliphatic heterocycles. The number of thioether (sulfide) groups is 1. The highest BCUT2D eigenvalue weighted by atomic mass is 32.2. The van der Waals surface area contributed by atoms with E-state index in [0.717, 1.165) is 10.5 Å². The van der Waals surface area contributed by atoms with Crippen LogP contribution in [0, 0.1) is 0 Å². The number of carbonyl (C=O) groups is 1. The topological polar surface area (TPSA) is 52.0 Å². The molecule has 0 unspecified atom stereocenters. The Labute approximate surface area is 144 Å². The molecule has 120 valence electrons. The lowest BCUT2D eigenvalue weighted by Crippen LogP contribution is -2.26. The summed E-state index contributed by atoms with van der Waals surface area (Å²) in [6, 6.07) is 20.0. The summed E-state index contributed by atoms with van der Waals surface area (Å²) >= 11 is 1.66. The molecule has 0 atom stereocenters. The SMILES string of the molecule is CSc1ccc(-c2ccc(=O)n(CC(=O)c3ccccc3)n2)cc1. The van der Waals surface area contributed by atoms with Crippen molar-refractivity contribution in [1.29, 1.82) is 0 Å². The molecule has 0 saturated carbocycles. The van der Waals surface area contributed by atoms with E-state index in [-0.39, 0.29) is 17.9 Å². The van der Waals surface area contributed by atoms with Gasteiger partial charge in [-0.15, -0.1) is 11.8 Å². The van der Waals surface area contributed by atoms with Crippen molar-refractivity contribution in [2.75, 3.05) is 6.26 Å². The fourth-order valence-corrected chi connectivity index (χ4v) is 2.74. The van der Waals surface area contributed by atoms with Crippen molar-refractivity contribution in [3.8, 4) is 11.3 Å². The van der Waals surface area contributed by atoms with Crippen molar-refractivity contribution >= 4 is 17.5 Å². The number of ketones is 1. The summed E-state index contributed by atoms with van der Waals surface area (Å²) in [7, 11) is 0. The first-order chi connectivity index (χ1) is 11.7. The zero-order chi connectivity index (χ0) is 16.9. The summed E-state index contributed by atoms with van der Waals surface area (Å²) in [5.41, 5.74) is 1.86. The van der Waals surface area contributed by atoms with Gasteiger partial charge >= 0.3 is 0 Å². The van der Waals surface area contributed by atoms with Crippen molar-refractivity contribution in [3.05, 3.63) is 82.6 Å². The van der Waals surface area contributed by atoms with Gasteiger partial charge in [-0.1, -0.05) is 42.5 Å². The summed E-state index contributed by atoms with van der Waals surface area (Å²) < 4.78 is 1.22. The van der Waals surface area contributed by atoms with Gasteiger partial charge in [0, 0.05) is 22.1 Å². The summed E-state index contributed by atoms with van der Waals surface area (Å²) in [5.74, 6) is -0.139. The van der Waals surface area contributed by atoms with Gasteiger partial charge in [0.05, 0.1) is 5.69 Å². The van der Waals surface area contributed by atoms with Crippen LogP contribution in [0.15, 0.2) is 76.4 Å². The number of hydrogen-bond acceptors (Lipinski definition) is 4. The standard InChI is InChI=1S/C19H16N2O2S/c1-24-16-9-7-14(8-10-16)17-11-12-19(23)21(20-17)13-18(22)15-5-3-2-4-6-15/h2-12H,13H2,1H3. The van der Waals surface area contributed by atoms with Crippen molar-refractivity contribution in [1.82, 2.24) is 9.78 Å². The van der Waals surface area contributed by atoms with Crippen LogP contribution in [0.4, 0.5) is 0 Å². The van der Waals surface area contributed by atoms with E-state index in [9.17, 15) is 9.59 Å². The van der Waals surface area contributed by atoms with E-state index in [2.05, 4.69) is 5.10 Å². The van der Waals surface area contributed by atoms with Crippen LogP contribution in [0.5, 0.6) is 0 Å². The number of nitrogens with zero attached hydrogens (tertiary/aromatic N) is 2. The van der Waals surface area contributed by atoms with Gasteiger partial charge in [-0.2, -0.15) is 5.10 Å². The molecule has 0 radical (unpaired) electrons. The van der Waals surface area contributed by atoms with Crippen LogP contribution in [0.2, 0.25) is 0 Å². The van der Waals surface area contributed by atoms with Crippen LogP contribution in [-0.4, -0.2) is 21.8 Å². The Morgan fingerprint density at radius 1 is 1.00 bits per heavy atom. The maximum atomic E-state index is 12.3. The van der Waals surface area contributed by atoms with Gasteiger partial charge in [-0.3, -0.25) is 9.59 Å². The lowest BCUT2D eigenvalue weighted by atomic mass is 10.1. The predicted octanol–water partition coefficient (Wildman–Crippen LogP) is 3.52. The second-order valence-corrected chi connectivity index (χ2v) is 6.11. The normalized spacial score (nSPS) is 10.5. The van der Waals surface area contributed by atoms with Crippen LogP contribution in [0.3, 0.4) is 0 Å². The molecule has 0 aliphatic rings. The molecule has 0 fully saturated rings. The molecule has 4 nitrogen and oxygen atoms in total. The highest BCUT2D eigenvalue weighted by Gasteiger charge is 2.10. The van der Waals surface area contributed by atoms with Crippen LogP contribution in [0.25, 0.3) is 11.3 Å². The Kier molecular flexibility index (Phi) is 4.91. The largest absolute Gasteiger partial charge is 0.292 e. The smallest absolute Gasteiger partial charge is 0.267 e. The van der Waals surface area contributed by atoms with E-state index >= 15 is 0 Å². The first kappa shape index (κ1) is 16.2. The third kappa shape index (κ3) is 3.63. The van der Waals surface area contributed by atoms with Crippen molar-refractivity contribution in [3.63, 3.8) is 0 Å². The minimum atomic E-state index is -0.288. The average Bonchev–Trinajstić information content (AvgIpc) is 2.64. The molecule has 3 rings (SSSR count). The highest BCUT2D eigenvalue weighted by Crippen LogP contribution is 2.20. The van der Waals surface area contributed by atoms with Crippen molar-refractivity contribution in [2.24, 2.45) is 0 Å². The van der Waals surface area contributed by atoms with E-state index in [4.69, 9.17) is 0 Å². The van der Waals surface area contributed by atoms with Gasteiger partial charge in [0.1, 0.15) is 6.54 Å². The zero-order valence-electron chi connectivity index (χ0n) is 13.2. The fraction of sp³-hybridized carbons (Fsp3) is 0.105. The van der Waals surface area contributed by atoms with Crippen molar-refractivity contribution < 1.29 is 4.79 Å². The van der Waals surface area contributed by atoms with Crippen LogP contribution in [0.1, 0.15) is 10.4 Å². The van der Waals surface area contributed by atoms with Gasteiger partial charge in [0.2, 0.25) is 0 Å². The summed E-state index contributed by atoms with van der Waals surface area (Å²) in [6.45, 7) is -0.0699. The molecule has 0 spiro atoms. The number of benzene rings is 2. The number of Topliss-reactive ketones (excluding diaryl/α,β-unsaturated/α-hetero) is 1. The molecule has 0 bridgehead atoms. The van der Waals surface area contributed by atoms with Gasteiger partial charge in [0.25, 0.3) is 5.56 Å². The number of rotatable bonds is 5. The average molecular weight is 336 g/mol. The third-order valence-corrected chi connectivity index (χ3v) is 4.39. The number of hydrogen-bond donors (Lipinski definition) is 0. The van der Waals surface area contributed by atoms with E-state index in [1.165, 1.54) is 10.7 Å². The Morgan fingerprint density at radius 2 is 1.71 bits per heavy atom. The maximum Gasteiger partial charge on any atom is 0.267 e. The van der Waals surface area contributed by atoms with Crippen LogP contribution < -0.4 is 5.56 Å². The second kappa shape index (κ2) is 7.27. The van der Waals surface area contributed by atoms with E-state index in [1.54, 1.807) is 42.1 Å². The molecule has 2 aromatic carbocycles. The van der Waals surface area contributed by atoms with E-state index in [1.807, 2.05) is 36.6 Å². The van der Waals surface area contributed by atoms with E-state index in [0.29, 0.717) is 11.3 Å². The van der Waals surface area contributed by atoms with Crippen LogP contribution >= 0.6 is 11.8 Å². The number of aromatic nitrogens is 2. The quantitative estimate of drug-likeness (QED) is 0.528. The van der Waals surface area contributed by atoms with Gasteiger partial charge in [0.15, 0.2) is 5.78 Å². The first-order valence-electron chi connectivity index (χ1n) is 7.48. The summed E-state index contributed by atoms with van der Waals surface area (Å²) in [4.78, 5) is 25.5. The lowest BCUT2D eigenvalue weighted by molar-refractivity contribution is 0.0966. The molecular formula is C19H16N2O2S. The Balaban J connectivity index is 1.88. The molecule has 0 aliphatic carbocycles. The van der Waals surface area contributed by atoms with Gasteiger partial charge < -0.3 is 0 Å². The highest BCUT2D eigenvalue weighted by molar-refractivity contribution is 7.98. The van der Waals surface area contributed by atoms with Gasteiger partial charge in [-0.05, 0) is 24.5 Å². The second-order valence-electron chi connectivity index (χ2n) is 5.23. The molecule has 5 heteroatoms. The molecule has 3 aromatic rings. The minimum Gasteiger partial charge on any atom is -0.292 e. The minimum absolute atomic E-state index is 0.0699. The summed E-state index contributed by atoms with van der Waals surface area (Å²) in [6.07, 6.45) is 2.02. The monoisotopic (exact) mass is 336 g/mol. The van der Waals surface area contributed by atoms with Crippen LogP contribution in [-0.2, 0) is 6.54 Å². The predicted molar refractivity (Wildman–Crippen MR) is 96.5 cm³/mol. The number of carbonyl (C=O) groups excluding carboxylic acids is 1. The Hall–Kier alpha value is -2.66. The van der Waals surface area contributed by atoms with Gasteiger partial charge in [-0.25, -0.2) is 4.68 Å². The third-order valence-electron chi connectivity index (χ3n) is 3.64. The Bertz CT molecular complexity index is 903. The molecule has 0 amide bonds.